The maximum Gasteiger partial charge on any atom is 0.243 e. The number of rotatable bonds is 7. The SMILES string of the molecule is Cc1ccc(S(=O)(=O)N2CC(=NCC(=O)C3CN(S(=O)(=O)c4ccc(C)cc4)C3)C2)cc1. The highest BCUT2D eigenvalue weighted by Gasteiger charge is 2.40. The second-order valence-electron chi connectivity index (χ2n) is 8.27. The first-order chi connectivity index (χ1) is 15.1. The molecule has 2 fully saturated rings. The van der Waals surface area contributed by atoms with Gasteiger partial charge in [-0.3, -0.25) is 9.79 Å². The van der Waals surface area contributed by atoms with Gasteiger partial charge in [-0.2, -0.15) is 8.61 Å². The molecule has 0 bridgehead atoms. The number of hydrogen-bond donors (Lipinski definition) is 0. The number of Topliss-reactive ketones (excluding diaryl/α,β-unsaturated/α-hetero) is 1. The van der Waals surface area contributed by atoms with E-state index < -0.39 is 20.0 Å². The Morgan fingerprint density at radius 3 is 1.72 bits per heavy atom. The molecule has 170 valence electrons. The monoisotopic (exact) mass is 475 g/mol. The lowest BCUT2D eigenvalue weighted by molar-refractivity contribution is -0.124. The van der Waals surface area contributed by atoms with Crippen LogP contribution in [0.5, 0.6) is 0 Å². The quantitative estimate of drug-likeness (QED) is 0.606. The molecule has 0 radical (unpaired) electrons. The third-order valence-corrected chi connectivity index (χ3v) is 9.45. The molecule has 0 aromatic heterocycles. The molecule has 2 aliphatic heterocycles. The Balaban J connectivity index is 1.27. The molecule has 0 atom stereocenters. The number of benzene rings is 2. The Labute approximate surface area is 188 Å². The molecule has 2 saturated heterocycles. The summed E-state index contributed by atoms with van der Waals surface area (Å²) in [5, 5.41) is 0. The van der Waals surface area contributed by atoms with Crippen LogP contribution in [0.15, 0.2) is 63.3 Å². The Morgan fingerprint density at radius 1 is 0.812 bits per heavy atom. The fourth-order valence-electron chi connectivity index (χ4n) is 3.51. The molecule has 0 aliphatic carbocycles. The first-order valence-corrected chi connectivity index (χ1v) is 13.1. The van der Waals surface area contributed by atoms with E-state index in [-0.39, 0.29) is 54.2 Å². The number of aryl methyl sites for hydroxylation is 2. The van der Waals surface area contributed by atoms with E-state index in [1.165, 1.54) is 8.61 Å². The van der Waals surface area contributed by atoms with Crippen LogP contribution in [0.3, 0.4) is 0 Å². The van der Waals surface area contributed by atoms with Gasteiger partial charge in [0.05, 0.1) is 29.4 Å². The molecule has 0 saturated carbocycles. The summed E-state index contributed by atoms with van der Waals surface area (Å²) >= 11 is 0. The molecule has 2 aliphatic rings. The summed E-state index contributed by atoms with van der Waals surface area (Å²) in [7, 11) is -7.15. The Kier molecular flexibility index (Phi) is 6.06. The van der Waals surface area contributed by atoms with Gasteiger partial charge in [0.2, 0.25) is 20.0 Å². The van der Waals surface area contributed by atoms with Gasteiger partial charge in [-0.05, 0) is 38.1 Å². The predicted octanol–water partition coefficient (Wildman–Crippen LogP) is 1.64. The molecule has 0 spiro atoms. The van der Waals surface area contributed by atoms with Crippen molar-refractivity contribution in [1.29, 1.82) is 0 Å². The van der Waals surface area contributed by atoms with Crippen molar-refractivity contribution in [3.63, 3.8) is 0 Å². The Morgan fingerprint density at radius 2 is 1.25 bits per heavy atom. The first kappa shape index (κ1) is 22.8. The molecular weight excluding hydrogens is 450 g/mol. The van der Waals surface area contributed by atoms with Gasteiger partial charge in [-0.25, -0.2) is 16.8 Å². The number of ketones is 1. The number of hydrogen-bond acceptors (Lipinski definition) is 6. The topological polar surface area (TPSA) is 104 Å². The maximum atomic E-state index is 12.6. The highest BCUT2D eigenvalue weighted by atomic mass is 32.2. The van der Waals surface area contributed by atoms with Crippen LogP contribution in [-0.4, -0.2) is 69.7 Å². The summed E-state index contributed by atoms with van der Waals surface area (Å²) in [4.78, 5) is 17.1. The minimum atomic E-state index is -3.59. The van der Waals surface area contributed by atoms with Crippen molar-refractivity contribution in [2.75, 3.05) is 32.7 Å². The van der Waals surface area contributed by atoms with Crippen molar-refractivity contribution in [2.24, 2.45) is 10.9 Å². The second kappa shape index (κ2) is 8.51. The summed E-state index contributed by atoms with van der Waals surface area (Å²) in [6, 6.07) is 13.3. The molecule has 32 heavy (non-hydrogen) atoms. The fourth-order valence-corrected chi connectivity index (χ4v) is 6.45. The lowest BCUT2D eigenvalue weighted by atomic mass is 9.98. The average Bonchev–Trinajstić information content (AvgIpc) is 2.66. The number of sulfonamides is 2. The van der Waals surface area contributed by atoms with Gasteiger partial charge in [0.15, 0.2) is 5.78 Å². The van der Waals surface area contributed by atoms with Crippen LogP contribution in [0.2, 0.25) is 0 Å². The number of aliphatic imine (C=N–C) groups is 1. The third-order valence-electron chi connectivity index (χ3n) is 5.80. The molecule has 2 aromatic rings. The van der Waals surface area contributed by atoms with E-state index in [2.05, 4.69) is 4.99 Å². The van der Waals surface area contributed by atoms with Crippen LogP contribution in [0.4, 0.5) is 0 Å². The van der Waals surface area contributed by atoms with Gasteiger partial charge < -0.3 is 0 Å². The maximum absolute atomic E-state index is 12.6. The van der Waals surface area contributed by atoms with E-state index in [1.807, 2.05) is 13.8 Å². The summed E-state index contributed by atoms with van der Waals surface area (Å²) in [5.41, 5.74) is 2.60. The predicted molar refractivity (Wildman–Crippen MR) is 121 cm³/mol. The number of nitrogens with zero attached hydrogens (tertiary/aromatic N) is 3. The highest BCUT2D eigenvalue weighted by molar-refractivity contribution is 7.89. The van der Waals surface area contributed by atoms with Crippen molar-refractivity contribution in [3.8, 4) is 0 Å². The van der Waals surface area contributed by atoms with Gasteiger partial charge in [-0.15, -0.1) is 0 Å². The van der Waals surface area contributed by atoms with Crippen molar-refractivity contribution in [1.82, 2.24) is 8.61 Å². The van der Waals surface area contributed by atoms with Crippen LogP contribution in [-0.2, 0) is 24.8 Å². The molecule has 2 heterocycles. The van der Waals surface area contributed by atoms with E-state index in [0.717, 1.165) is 11.1 Å². The zero-order valence-electron chi connectivity index (χ0n) is 17.9. The second-order valence-corrected chi connectivity index (χ2v) is 12.1. The summed E-state index contributed by atoms with van der Waals surface area (Å²) in [5.74, 6) is -0.514. The fraction of sp³-hybridized carbons (Fsp3) is 0.364. The standard InChI is InChI=1S/C22H25N3O5S2/c1-16-3-7-20(8-4-16)31(27,28)24-12-18(13-24)22(26)11-23-19-14-25(15-19)32(29,30)21-9-5-17(2)6-10-21/h3-10,18H,11-15H2,1-2H3. The summed E-state index contributed by atoms with van der Waals surface area (Å²) < 4.78 is 53.0. The van der Waals surface area contributed by atoms with E-state index in [4.69, 9.17) is 0 Å². The first-order valence-electron chi connectivity index (χ1n) is 10.3. The number of carbonyl (C=O) groups excluding carboxylic acids is 1. The zero-order valence-corrected chi connectivity index (χ0v) is 19.6. The summed E-state index contributed by atoms with van der Waals surface area (Å²) in [6.07, 6.45) is 0. The largest absolute Gasteiger partial charge is 0.297 e. The molecule has 0 unspecified atom stereocenters. The van der Waals surface area contributed by atoms with Gasteiger partial charge in [0, 0.05) is 24.7 Å². The van der Waals surface area contributed by atoms with Gasteiger partial charge in [0.25, 0.3) is 0 Å². The van der Waals surface area contributed by atoms with E-state index in [1.54, 1.807) is 48.5 Å². The molecule has 0 amide bonds. The van der Waals surface area contributed by atoms with Crippen molar-refractivity contribution < 1.29 is 21.6 Å². The normalized spacial score (nSPS) is 18.1. The molecular formula is C22H25N3O5S2. The Hall–Kier alpha value is -2.40. The van der Waals surface area contributed by atoms with E-state index in [9.17, 15) is 21.6 Å². The molecule has 0 N–H and O–H groups in total. The smallest absolute Gasteiger partial charge is 0.243 e. The van der Waals surface area contributed by atoms with E-state index in [0.29, 0.717) is 5.71 Å². The molecule has 4 rings (SSSR count). The van der Waals surface area contributed by atoms with Crippen molar-refractivity contribution >= 4 is 31.5 Å². The summed E-state index contributed by atoms with van der Waals surface area (Å²) in [6.45, 7) is 4.35. The minimum absolute atomic E-state index is 0.0587. The van der Waals surface area contributed by atoms with Crippen LogP contribution in [0.25, 0.3) is 0 Å². The van der Waals surface area contributed by atoms with Gasteiger partial charge >= 0.3 is 0 Å². The average molecular weight is 476 g/mol. The molecule has 10 heteroatoms. The number of carbonyl (C=O) groups is 1. The van der Waals surface area contributed by atoms with E-state index >= 15 is 0 Å². The van der Waals surface area contributed by atoms with Crippen molar-refractivity contribution in [2.45, 2.75) is 23.6 Å². The van der Waals surface area contributed by atoms with Crippen LogP contribution >= 0.6 is 0 Å². The van der Waals surface area contributed by atoms with Gasteiger partial charge in [0.1, 0.15) is 0 Å². The lowest BCUT2D eigenvalue weighted by Crippen LogP contribution is -2.54. The van der Waals surface area contributed by atoms with Crippen LogP contribution < -0.4 is 0 Å². The van der Waals surface area contributed by atoms with Crippen molar-refractivity contribution in [3.05, 3.63) is 59.7 Å². The highest BCUT2D eigenvalue weighted by Crippen LogP contribution is 2.26. The molecule has 8 nitrogen and oxygen atoms in total. The van der Waals surface area contributed by atoms with Crippen LogP contribution in [0, 0.1) is 19.8 Å². The van der Waals surface area contributed by atoms with Gasteiger partial charge in [-0.1, -0.05) is 35.4 Å². The Bertz CT molecular complexity index is 1250. The van der Waals surface area contributed by atoms with Crippen LogP contribution in [0.1, 0.15) is 11.1 Å². The zero-order chi connectivity index (χ0) is 23.1. The lowest BCUT2D eigenvalue weighted by Gasteiger charge is -2.37. The third kappa shape index (κ3) is 4.40. The minimum Gasteiger partial charge on any atom is -0.297 e. The molecule has 2 aromatic carbocycles.